The zero-order chi connectivity index (χ0) is 23.6. The van der Waals surface area contributed by atoms with Gasteiger partial charge in [0.2, 0.25) is 0 Å². The Bertz CT molecular complexity index is 1540. The number of rotatable bonds is 6. The first kappa shape index (κ1) is 21.6. The predicted molar refractivity (Wildman–Crippen MR) is 147 cm³/mol. The SMILES string of the molecule is Cc1ccccc1[C@@H]1C(C=NCCc2c[nH]c3ccccc23)=C(c2cccs2)Oc2ccccc21. The number of nitrogens with one attached hydrogen (secondary N) is 1. The van der Waals surface area contributed by atoms with E-state index in [0.717, 1.165) is 28.4 Å². The number of aromatic nitrogens is 1. The van der Waals surface area contributed by atoms with E-state index in [9.17, 15) is 0 Å². The molecule has 0 spiro atoms. The van der Waals surface area contributed by atoms with Crippen LogP contribution in [0.2, 0.25) is 0 Å². The highest BCUT2D eigenvalue weighted by Gasteiger charge is 2.31. The molecule has 4 heteroatoms. The third-order valence-electron chi connectivity index (χ3n) is 6.68. The minimum Gasteiger partial charge on any atom is -0.455 e. The Morgan fingerprint density at radius 2 is 1.71 bits per heavy atom. The summed E-state index contributed by atoms with van der Waals surface area (Å²) in [6.07, 6.45) is 5.04. The van der Waals surface area contributed by atoms with Crippen molar-refractivity contribution in [1.82, 2.24) is 4.98 Å². The van der Waals surface area contributed by atoms with Crippen LogP contribution in [0.5, 0.6) is 5.75 Å². The van der Waals surface area contributed by atoms with Gasteiger partial charge < -0.3 is 9.72 Å². The number of hydrogen-bond acceptors (Lipinski definition) is 3. The molecule has 0 aliphatic carbocycles. The summed E-state index contributed by atoms with van der Waals surface area (Å²) in [7, 11) is 0. The fraction of sp³-hybridized carbons (Fsp3) is 0.129. The van der Waals surface area contributed by atoms with Crippen molar-refractivity contribution in [2.24, 2.45) is 4.99 Å². The van der Waals surface area contributed by atoms with Gasteiger partial charge in [-0.3, -0.25) is 4.99 Å². The second-order valence-electron chi connectivity index (χ2n) is 8.84. The van der Waals surface area contributed by atoms with Crippen molar-refractivity contribution in [3.63, 3.8) is 0 Å². The maximum absolute atomic E-state index is 6.53. The summed E-state index contributed by atoms with van der Waals surface area (Å²) in [5, 5.41) is 3.37. The van der Waals surface area contributed by atoms with Crippen LogP contribution >= 0.6 is 11.3 Å². The van der Waals surface area contributed by atoms with Gasteiger partial charge in [-0.25, -0.2) is 0 Å². The molecule has 0 saturated carbocycles. The number of hydrogen-bond donors (Lipinski definition) is 1. The van der Waals surface area contributed by atoms with Gasteiger partial charge >= 0.3 is 0 Å². The summed E-state index contributed by atoms with van der Waals surface area (Å²) >= 11 is 1.70. The maximum atomic E-state index is 6.53. The normalized spacial score (nSPS) is 15.5. The standard InChI is InChI=1S/C31H26N2OS/c1-21-9-2-3-10-23(21)30-25-12-5-7-14-28(25)34-31(29-15-8-18-35-29)26(30)20-32-17-16-22-19-33-27-13-6-4-11-24(22)27/h2-15,18-20,30,33H,16-17H2,1H3/t30-/m0/s1. The molecule has 1 atom stereocenters. The highest BCUT2D eigenvalue weighted by Crippen LogP contribution is 2.46. The van der Waals surface area contributed by atoms with E-state index in [4.69, 9.17) is 9.73 Å². The lowest BCUT2D eigenvalue weighted by Crippen LogP contribution is -2.18. The van der Waals surface area contributed by atoms with Gasteiger partial charge in [0.05, 0.1) is 4.88 Å². The Hall–Kier alpha value is -3.89. The Kier molecular flexibility index (Phi) is 5.81. The van der Waals surface area contributed by atoms with Gasteiger partial charge in [0.1, 0.15) is 11.5 Å². The van der Waals surface area contributed by atoms with Crippen molar-refractivity contribution in [1.29, 1.82) is 0 Å². The van der Waals surface area contributed by atoms with E-state index in [2.05, 4.69) is 109 Å². The first-order valence-corrected chi connectivity index (χ1v) is 12.8. The molecule has 0 unspecified atom stereocenters. The molecule has 35 heavy (non-hydrogen) atoms. The van der Waals surface area contributed by atoms with Crippen LogP contribution in [0.25, 0.3) is 16.7 Å². The molecule has 3 aromatic carbocycles. The molecule has 0 amide bonds. The molecule has 0 bridgehead atoms. The van der Waals surface area contributed by atoms with Crippen molar-refractivity contribution in [2.45, 2.75) is 19.3 Å². The largest absolute Gasteiger partial charge is 0.455 e. The molecule has 0 saturated heterocycles. The van der Waals surface area contributed by atoms with Gasteiger partial charge in [-0.2, -0.15) is 0 Å². The van der Waals surface area contributed by atoms with E-state index in [-0.39, 0.29) is 5.92 Å². The lowest BCUT2D eigenvalue weighted by Gasteiger charge is -2.30. The molecule has 172 valence electrons. The first-order valence-electron chi connectivity index (χ1n) is 11.9. The lowest BCUT2D eigenvalue weighted by atomic mass is 9.80. The van der Waals surface area contributed by atoms with Crippen molar-refractivity contribution in [2.75, 3.05) is 6.54 Å². The van der Waals surface area contributed by atoms with Crippen LogP contribution in [-0.2, 0) is 6.42 Å². The fourth-order valence-corrected chi connectivity index (χ4v) is 5.67. The van der Waals surface area contributed by atoms with Crippen LogP contribution in [-0.4, -0.2) is 17.7 Å². The zero-order valence-electron chi connectivity index (χ0n) is 19.6. The Labute approximate surface area is 209 Å². The van der Waals surface area contributed by atoms with Crippen LogP contribution < -0.4 is 4.74 Å². The van der Waals surface area contributed by atoms with Crippen LogP contribution in [0.15, 0.2) is 107 Å². The second-order valence-corrected chi connectivity index (χ2v) is 9.78. The summed E-state index contributed by atoms with van der Waals surface area (Å²) in [5.74, 6) is 1.89. The van der Waals surface area contributed by atoms with Gasteiger partial charge in [0.15, 0.2) is 0 Å². The summed E-state index contributed by atoms with van der Waals surface area (Å²) in [5.41, 5.74) is 7.32. The third-order valence-corrected chi connectivity index (χ3v) is 7.54. The number of nitrogens with zero attached hydrogens (tertiary/aromatic N) is 1. The minimum absolute atomic E-state index is 0.0649. The number of fused-ring (bicyclic) bond motifs is 2. The van der Waals surface area contributed by atoms with Crippen molar-refractivity contribution >= 4 is 34.2 Å². The highest BCUT2D eigenvalue weighted by atomic mass is 32.1. The summed E-state index contributed by atoms with van der Waals surface area (Å²) < 4.78 is 6.53. The number of thiophene rings is 1. The van der Waals surface area contributed by atoms with E-state index in [1.807, 2.05) is 6.07 Å². The van der Waals surface area contributed by atoms with E-state index >= 15 is 0 Å². The predicted octanol–water partition coefficient (Wildman–Crippen LogP) is 7.79. The molecule has 1 aliphatic heterocycles. The number of aromatic amines is 1. The van der Waals surface area contributed by atoms with Gasteiger partial charge in [-0.15, -0.1) is 11.3 Å². The van der Waals surface area contributed by atoms with E-state index < -0.39 is 0 Å². The number of ether oxygens (including phenoxy) is 1. The number of aliphatic imine (C=N–C) groups is 1. The number of benzene rings is 3. The minimum atomic E-state index is 0.0649. The quantitative estimate of drug-likeness (QED) is 0.251. The monoisotopic (exact) mass is 474 g/mol. The van der Waals surface area contributed by atoms with E-state index in [0.29, 0.717) is 6.54 Å². The molecule has 2 aromatic heterocycles. The van der Waals surface area contributed by atoms with Gasteiger partial charge in [0.25, 0.3) is 0 Å². The molecule has 0 fully saturated rings. The summed E-state index contributed by atoms with van der Waals surface area (Å²) in [6, 6.07) is 29.7. The van der Waals surface area contributed by atoms with Gasteiger partial charge in [0, 0.05) is 46.9 Å². The van der Waals surface area contributed by atoms with Gasteiger partial charge in [-0.05, 0) is 53.6 Å². The second kappa shape index (κ2) is 9.40. The van der Waals surface area contributed by atoms with Crippen LogP contribution in [0.3, 0.4) is 0 Å². The molecule has 5 aromatic rings. The number of para-hydroxylation sites is 2. The van der Waals surface area contributed by atoms with Crippen LogP contribution in [0.1, 0.15) is 33.0 Å². The molecule has 1 aliphatic rings. The molecular weight excluding hydrogens is 448 g/mol. The topological polar surface area (TPSA) is 37.4 Å². The smallest absolute Gasteiger partial charge is 0.150 e. The average Bonchev–Trinajstić information content (AvgIpc) is 3.57. The Morgan fingerprint density at radius 1 is 0.914 bits per heavy atom. The van der Waals surface area contributed by atoms with Crippen molar-refractivity contribution in [3.8, 4) is 5.75 Å². The molecule has 0 radical (unpaired) electrons. The number of H-pyrrole nitrogens is 1. The Balaban J connectivity index is 1.40. The van der Waals surface area contributed by atoms with Crippen molar-refractivity contribution in [3.05, 3.63) is 129 Å². The Morgan fingerprint density at radius 3 is 2.57 bits per heavy atom. The van der Waals surface area contributed by atoms with Gasteiger partial charge in [-0.1, -0.05) is 66.7 Å². The fourth-order valence-electron chi connectivity index (χ4n) is 4.95. The first-order chi connectivity index (χ1) is 17.3. The van der Waals surface area contributed by atoms with E-state index in [1.165, 1.54) is 33.2 Å². The number of aryl methyl sites for hydroxylation is 1. The lowest BCUT2D eigenvalue weighted by molar-refractivity contribution is 0.490. The molecule has 6 rings (SSSR count). The molecule has 1 N–H and O–H groups in total. The van der Waals surface area contributed by atoms with E-state index in [1.54, 1.807) is 11.3 Å². The third kappa shape index (κ3) is 4.11. The summed E-state index contributed by atoms with van der Waals surface area (Å²) in [6.45, 7) is 2.90. The zero-order valence-corrected chi connectivity index (χ0v) is 20.4. The van der Waals surface area contributed by atoms with Crippen LogP contribution in [0, 0.1) is 6.92 Å². The maximum Gasteiger partial charge on any atom is 0.150 e. The average molecular weight is 475 g/mol. The van der Waals surface area contributed by atoms with Crippen LogP contribution in [0.4, 0.5) is 0 Å². The van der Waals surface area contributed by atoms with Crippen molar-refractivity contribution < 1.29 is 4.74 Å². The molecule has 3 heterocycles. The molecule has 3 nitrogen and oxygen atoms in total. The highest BCUT2D eigenvalue weighted by molar-refractivity contribution is 7.11. The molecular formula is C31H26N2OS. The number of allylic oxidation sites excluding steroid dienone is 1. The summed E-state index contributed by atoms with van der Waals surface area (Å²) in [4.78, 5) is 9.43.